The molecule has 19 heavy (non-hydrogen) atoms. The molecule has 0 aliphatic carbocycles. The summed E-state index contributed by atoms with van der Waals surface area (Å²) in [6, 6.07) is 3.25. The summed E-state index contributed by atoms with van der Waals surface area (Å²) in [4.78, 5) is 14.9. The third-order valence-corrected chi connectivity index (χ3v) is 3.26. The van der Waals surface area contributed by atoms with Gasteiger partial charge in [0.25, 0.3) is 0 Å². The standard InChI is InChI=1S/C12H20N4O2S/c1-4-7-13-11-6-5-10(16(17)18)12(15-11)14-9(2)8-19-3/h5-6,9H,4,7-8H2,1-3H3,(H2,13,14,15). The lowest BCUT2D eigenvalue weighted by atomic mass is 10.3. The number of anilines is 2. The van der Waals surface area contributed by atoms with E-state index in [1.165, 1.54) is 6.07 Å². The fourth-order valence-corrected chi connectivity index (χ4v) is 2.17. The van der Waals surface area contributed by atoms with Gasteiger partial charge < -0.3 is 10.6 Å². The SMILES string of the molecule is CCCNc1ccc([N+](=O)[O-])c(NC(C)CSC)n1. The number of hydrogen-bond donors (Lipinski definition) is 2. The van der Waals surface area contributed by atoms with Gasteiger partial charge in [0.15, 0.2) is 0 Å². The largest absolute Gasteiger partial charge is 0.370 e. The molecule has 0 aromatic carbocycles. The molecule has 1 unspecified atom stereocenters. The van der Waals surface area contributed by atoms with Crippen LogP contribution in [0.4, 0.5) is 17.3 Å². The molecule has 0 fully saturated rings. The Morgan fingerprint density at radius 1 is 1.53 bits per heavy atom. The Labute approximate surface area is 117 Å². The molecular weight excluding hydrogens is 264 g/mol. The molecule has 1 atom stereocenters. The number of rotatable bonds is 8. The van der Waals surface area contributed by atoms with E-state index >= 15 is 0 Å². The summed E-state index contributed by atoms with van der Waals surface area (Å²) in [5, 5.41) is 17.2. The maximum absolute atomic E-state index is 11.0. The van der Waals surface area contributed by atoms with E-state index in [2.05, 4.69) is 22.5 Å². The lowest BCUT2D eigenvalue weighted by Crippen LogP contribution is -2.20. The number of hydrogen-bond acceptors (Lipinski definition) is 6. The van der Waals surface area contributed by atoms with Crippen LogP contribution in [0.5, 0.6) is 0 Å². The van der Waals surface area contributed by atoms with Crippen molar-refractivity contribution in [3.8, 4) is 0 Å². The fourth-order valence-electron chi connectivity index (χ4n) is 1.58. The van der Waals surface area contributed by atoms with Crippen LogP contribution in [0.1, 0.15) is 20.3 Å². The minimum Gasteiger partial charge on any atom is -0.370 e. The number of nitrogens with zero attached hydrogens (tertiary/aromatic N) is 2. The highest BCUT2D eigenvalue weighted by Crippen LogP contribution is 2.25. The monoisotopic (exact) mass is 284 g/mol. The van der Waals surface area contributed by atoms with Crippen LogP contribution in [-0.2, 0) is 0 Å². The van der Waals surface area contributed by atoms with Crippen molar-refractivity contribution in [3.63, 3.8) is 0 Å². The minimum absolute atomic E-state index is 0.00926. The molecule has 0 bridgehead atoms. The van der Waals surface area contributed by atoms with Gasteiger partial charge in [-0.05, 0) is 25.7 Å². The quantitative estimate of drug-likeness (QED) is 0.564. The second kappa shape index (κ2) is 7.83. The van der Waals surface area contributed by atoms with Gasteiger partial charge in [0.1, 0.15) is 5.82 Å². The summed E-state index contributed by atoms with van der Waals surface area (Å²) in [6.07, 6.45) is 2.98. The summed E-state index contributed by atoms with van der Waals surface area (Å²) in [6.45, 7) is 4.83. The average molecular weight is 284 g/mol. The Kier molecular flexibility index (Phi) is 6.41. The zero-order chi connectivity index (χ0) is 14.3. The normalized spacial score (nSPS) is 11.9. The first-order chi connectivity index (χ1) is 9.08. The highest BCUT2D eigenvalue weighted by molar-refractivity contribution is 7.98. The van der Waals surface area contributed by atoms with Crippen LogP contribution in [0, 0.1) is 10.1 Å². The molecule has 0 saturated heterocycles. The summed E-state index contributed by atoms with van der Waals surface area (Å²) in [5.41, 5.74) is 0.00926. The molecule has 0 radical (unpaired) electrons. The topological polar surface area (TPSA) is 80.1 Å². The van der Waals surface area contributed by atoms with E-state index in [0.717, 1.165) is 18.7 Å². The van der Waals surface area contributed by atoms with Crippen molar-refractivity contribution in [3.05, 3.63) is 22.2 Å². The van der Waals surface area contributed by atoms with Crippen LogP contribution in [0.25, 0.3) is 0 Å². The molecular formula is C12H20N4O2S. The van der Waals surface area contributed by atoms with Crippen molar-refractivity contribution in [2.45, 2.75) is 26.3 Å². The molecule has 0 amide bonds. The van der Waals surface area contributed by atoms with Gasteiger partial charge in [-0.3, -0.25) is 10.1 Å². The molecule has 0 saturated carbocycles. The Morgan fingerprint density at radius 3 is 2.84 bits per heavy atom. The molecule has 0 aliphatic rings. The molecule has 0 spiro atoms. The van der Waals surface area contributed by atoms with E-state index in [-0.39, 0.29) is 11.7 Å². The van der Waals surface area contributed by atoms with Gasteiger partial charge in [-0.1, -0.05) is 6.92 Å². The highest BCUT2D eigenvalue weighted by Gasteiger charge is 2.17. The maximum atomic E-state index is 11.0. The molecule has 2 N–H and O–H groups in total. The number of pyridine rings is 1. The van der Waals surface area contributed by atoms with E-state index < -0.39 is 4.92 Å². The van der Waals surface area contributed by atoms with Crippen LogP contribution >= 0.6 is 11.8 Å². The van der Waals surface area contributed by atoms with Crippen LogP contribution in [-0.4, -0.2) is 34.5 Å². The van der Waals surface area contributed by atoms with Crippen molar-refractivity contribution in [2.75, 3.05) is 29.2 Å². The predicted octanol–water partition coefficient (Wildman–Crippen LogP) is 2.98. The van der Waals surface area contributed by atoms with Gasteiger partial charge in [-0.15, -0.1) is 0 Å². The van der Waals surface area contributed by atoms with E-state index in [0.29, 0.717) is 11.6 Å². The van der Waals surface area contributed by atoms with Crippen molar-refractivity contribution < 1.29 is 4.92 Å². The van der Waals surface area contributed by atoms with Crippen molar-refractivity contribution >= 4 is 29.1 Å². The van der Waals surface area contributed by atoms with Gasteiger partial charge in [0.2, 0.25) is 5.82 Å². The van der Waals surface area contributed by atoms with Gasteiger partial charge >= 0.3 is 5.69 Å². The molecule has 1 aromatic rings. The number of nitrogens with one attached hydrogen (secondary N) is 2. The Morgan fingerprint density at radius 2 is 2.26 bits per heavy atom. The fraction of sp³-hybridized carbons (Fsp3) is 0.583. The van der Waals surface area contributed by atoms with Gasteiger partial charge in [-0.25, -0.2) is 4.98 Å². The zero-order valence-electron chi connectivity index (χ0n) is 11.5. The van der Waals surface area contributed by atoms with Gasteiger partial charge in [-0.2, -0.15) is 11.8 Å². The summed E-state index contributed by atoms with van der Waals surface area (Å²) in [5.74, 6) is 1.85. The van der Waals surface area contributed by atoms with E-state index in [1.807, 2.05) is 13.2 Å². The summed E-state index contributed by atoms with van der Waals surface area (Å²) < 4.78 is 0. The van der Waals surface area contributed by atoms with Crippen molar-refractivity contribution in [1.29, 1.82) is 0 Å². The number of thioether (sulfide) groups is 1. The first kappa shape index (κ1) is 15.6. The van der Waals surface area contributed by atoms with E-state index in [9.17, 15) is 10.1 Å². The Balaban J connectivity index is 2.91. The van der Waals surface area contributed by atoms with Crippen LogP contribution in [0.3, 0.4) is 0 Å². The molecule has 106 valence electrons. The maximum Gasteiger partial charge on any atom is 0.311 e. The lowest BCUT2D eigenvalue weighted by Gasteiger charge is -2.14. The van der Waals surface area contributed by atoms with Gasteiger partial charge in [0.05, 0.1) is 4.92 Å². The molecule has 1 aromatic heterocycles. The summed E-state index contributed by atoms with van der Waals surface area (Å²) >= 11 is 1.69. The van der Waals surface area contributed by atoms with Crippen LogP contribution in [0.2, 0.25) is 0 Å². The third kappa shape index (κ3) is 4.94. The number of nitro groups is 1. The van der Waals surface area contributed by atoms with Crippen molar-refractivity contribution in [2.24, 2.45) is 0 Å². The minimum atomic E-state index is -0.412. The second-order valence-corrected chi connectivity index (χ2v) is 5.16. The third-order valence-electron chi connectivity index (χ3n) is 2.43. The highest BCUT2D eigenvalue weighted by atomic mass is 32.2. The van der Waals surface area contributed by atoms with Crippen LogP contribution in [0.15, 0.2) is 12.1 Å². The molecule has 0 aliphatic heterocycles. The van der Waals surface area contributed by atoms with Crippen LogP contribution < -0.4 is 10.6 Å². The van der Waals surface area contributed by atoms with E-state index in [1.54, 1.807) is 17.8 Å². The molecule has 1 heterocycles. The molecule has 7 heteroatoms. The zero-order valence-corrected chi connectivity index (χ0v) is 12.3. The first-order valence-electron chi connectivity index (χ1n) is 6.23. The molecule has 1 rings (SSSR count). The average Bonchev–Trinajstić information content (AvgIpc) is 2.36. The number of aromatic nitrogens is 1. The Hall–Kier alpha value is -1.50. The predicted molar refractivity (Wildman–Crippen MR) is 81.1 cm³/mol. The van der Waals surface area contributed by atoms with Gasteiger partial charge in [0, 0.05) is 24.4 Å². The summed E-state index contributed by atoms with van der Waals surface area (Å²) in [7, 11) is 0. The van der Waals surface area contributed by atoms with Crippen molar-refractivity contribution in [1.82, 2.24) is 4.98 Å². The second-order valence-electron chi connectivity index (χ2n) is 4.25. The smallest absolute Gasteiger partial charge is 0.311 e. The first-order valence-corrected chi connectivity index (χ1v) is 7.62. The van der Waals surface area contributed by atoms with E-state index in [4.69, 9.17) is 0 Å². The lowest BCUT2D eigenvalue weighted by molar-refractivity contribution is -0.384. The Bertz CT molecular complexity index is 428. The molecule has 6 nitrogen and oxygen atoms in total.